The lowest BCUT2D eigenvalue weighted by Gasteiger charge is -1.97. The van der Waals surface area contributed by atoms with E-state index >= 15 is 0 Å². The highest BCUT2D eigenvalue weighted by Gasteiger charge is 2.18. The normalized spacial score (nSPS) is 11.6. The molecule has 0 amide bonds. The number of benzene rings is 2. The number of nitrogen functional groups attached to an aromatic ring is 2. The average molecular weight is 497 g/mol. The van der Waals surface area contributed by atoms with Crippen molar-refractivity contribution in [2.45, 2.75) is 10.3 Å². The van der Waals surface area contributed by atoms with Crippen LogP contribution in [0.15, 0.2) is 58.8 Å². The molecule has 0 bridgehead atoms. The zero-order chi connectivity index (χ0) is 21.7. The van der Waals surface area contributed by atoms with Crippen molar-refractivity contribution in [3.8, 4) is 21.1 Å². The Bertz CT molecular complexity index is 1430. The first-order chi connectivity index (χ1) is 15.6. The van der Waals surface area contributed by atoms with E-state index < -0.39 is 0 Å². The maximum absolute atomic E-state index is 5.78. The van der Waals surface area contributed by atoms with Gasteiger partial charge in [0.1, 0.15) is 10.0 Å². The van der Waals surface area contributed by atoms with Crippen LogP contribution in [0.25, 0.3) is 31.1 Å². The van der Waals surface area contributed by atoms with Gasteiger partial charge in [0.25, 0.3) is 0 Å². The van der Waals surface area contributed by atoms with Gasteiger partial charge in [-0.3, -0.25) is 0 Å². The summed E-state index contributed by atoms with van der Waals surface area (Å²) in [6, 6.07) is 15.2. The van der Waals surface area contributed by atoms with Crippen LogP contribution < -0.4 is 11.5 Å². The van der Waals surface area contributed by atoms with Crippen molar-refractivity contribution < 1.29 is 0 Å². The van der Waals surface area contributed by atoms with Gasteiger partial charge in [-0.05, 0) is 70.1 Å². The van der Waals surface area contributed by atoms with Crippen molar-refractivity contribution in [1.29, 1.82) is 0 Å². The summed E-state index contributed by atoms with van der Waals surface area (Å²) in [7, 11) is 2.80. The first kappa shape index (κ1) is 19.5. The number of fused-ring (bicyclic) bond motifs is 2. The fourth-order valence-corrected chi connectivity index (χ4v) is 6.43. The van der Waals surface area contributed by atoms with E-state index in [-0.39, 0.29) is 0 Å². The van der Waals surface area contributed by atoms with Gasteiger partial charge >= 0.3 is 0 Å². The minimum Gasteiger partial charge on any atom is -0.399 e. The first-order valence-corrected chi connectivity index (χ1v) is 12.9. The summed E-state index contributed by atoms with van der Waals surface area (Å²) in [5.41, 5.74) is 14.9. The van der Waals surface area contributed by atoms with E-state index in [1.807, 2.05) is 48.5 Å². The molecular weight excluding hydrogens is 485 g/mol. The molecule has 6 rings (SSSR count). The Kier molecular flexibility index (Phi) is 4.71. The van der Waals surface area contributed by atoms with Crippen LogP contribution in [0.5, 0.6) is 0 Å². The van der Waals surface area contributed by atoms with Crippen LogP contribution >= 0.6 is 44.3 Å². The minimum absolute atomic E-state index is 0.647. The Morgan fingerprint density at radius 1 is 0.594 bits per heavy atom. The van der Waals surface area contributed by atoms with Crippen molar-refractivity contribution in [2.75, 3.05) is 11.5 Å². The Morgan fingerprint density at radius 3 is 1.41 bits per heavy atom. The van der Waals surface area contributed by atoms with Crippen LogP contribution in [0.4, 0.5) is 11.4 Å². The Labute approximate surface area is 196 Å². The zero-order valence-electron chi connectivity index (χ0n) is 16.0. The Balaban J connectivity index is 1.25. The van der Waals surface area contributed by atoms with Crippen LogP contribution in [-0.2, 0) is 0 Å². The van der Waals surface area contributed by atoms with Crippen LogP contribution in [0.1, 0.15) is 0 Å². The lowest BCUT2D eigenvalue weighted by atomic mass is 10.2. The van der Waals surface area contributed by atoms with Crippen molar-refractivity contribution in [1.82, 2.24) is 39.6 Å². The van der Waals surface area contributed by atoms with Crippen molar-refractivity contribution in [3.63, 3.8) is 0 Å². The third kappa shape index (κ3) is 3.46. The molecule has 0 atom stereocenters. The summed E-state index contributed by atoms with van der Waals surface area (Å²) in [5.74, 6) is 0. The predicted molar refractivity (Wildman–Crippen MR) is 129 cm³/mol. The number of nitrogens with two attached hydrogens (primary N) is 2. The summed E-state index contributed by atoms with van der Waals surface area (Å²) < 4.78 is 3.46. The predicted octanol–water partition coefficient (Wildman–Crippen LogP) is 3.98. The number of hydrogen-bond acceptors (Lipinski definition) is 12. The molecule has 6 aromatic rings. The largest absolute Gasteiger partial charge is 0.399 e. The standard InChI is InChI=1S/C18H12N10S4/c19-11-5-1-9(2-6-11)13-25-27-15(29-13)21-23-17(27)31-32-18-24-22-16-28(18)26-14(30-16)10-3-7-12(20)8-4-10/h1-8H,19-20H2. The molecule has 4 aromatic heterocycles. The summed E-state index contributed by atoms with van der Waals surface area (Å²) in [5, 5.41) is 29.3. The summed E-state index contributed by atoms with van der Waals surface area (Å²) in [6.07, 6.45) is 0. The maximum atomic E-state index is 5.78. The molecule has 0 radical (unpaired) electrons. The molecule has 2 aromatic carbocycles. The molecule has 0 saturated carbocycles. The van der Waals surface area contributed by atoms with Crippen molar-refractivity contribution >= 4 is 65.6 Å². The van der Waals surface area contributed by atoms with Crippen LogP contribution in [0, 0.1) is 0 Å². The molecule has 4 heterocycles. The molecule has 14 heteroatoms. The lowest BCUT2D eigenvalue weighted by molar-refractivity contribution is 0.824. The zero-order valence-corrected chi connectivity index (χ0v) is 19.3. The Morgan fingerprint density at radius 2 is 1.00 bits per heavy atom. The number of hydrogen-bond donors (Lipinski definition) is 2. The van der Waals surface area contributed by atoms with E-state index in [0.29, 0.717) is 31.6 Å². The third-order valence-electron chi connectivity index (χ3n) is 4.43. The topological polar surface area (TPSA) is 138 Å². The summed E-state index contributed by atoms with van der Waals surface area (Å²) in [6.45, 7) is 0. The second-order valence-electron chi connectivity index (χ2n) is 6.58. The smallest absolute Gasteiger partial charge is 0.235 e. The van der Waals surface area contributed by atoms with E-state index in [4.69, 9.17) is 11.5 Å². The van der Waals surface area contributed by atoms with Gasteiger partial charge in [0.05, 0.1) is 0 Å². The molecule has 0 spiro atoms. The van der Waals surface area contributed by atoms with Crippen molar-refractivity contribution in [2.24, 2.45) is 0 Å². The van der Waals surface area contributed by atoms with E-state index in [1.165, 1.54) is 44.3 Å². The molecule has 10 nitrogen and oxygen atoms in total. The van der Waals surface area contributed by atoms with Gasteiger partial charge in [-0.25, -0.2) is 0 Å². The van der Waals surface area contributed by atoms with Crippen LogP contribution in [0.3, 0.4) is 0 Å². The molecular formula is C18H12N10S4. The maximum Gasteiger partial charge on any atom is 0.235 e. The first-order valence-electron chi connectivity index (χ1n) is 9.15. The van der Waals surface area contributed by atoms with E-state index in [0.717, 1.165) is 21.1 Å². The molecule has 158 valence electrons. The molecule has 0 saturated heterocycles. The molecule has 0 fully saturated rings. The molecule has 0 aliphatic carbocycles. The molecule has 32 heavy (non-hydrogen) atoms. The highest BCUT2D eigenvalue weighted by atomic mass is 33.1. The SMILES string of the molecule is Nc1ccc(-c2nn3c(SSc4nnc5sc(-c6ccc(N)cc6)nn45)nnc3s2)cc1. The van der Waals surface area contributed by atoms with Crippen LogP contribution in [0.2, 0.25) is 0 Å². The lowest BCUT2D eigenvalue weighted by Crippen LogP contribution is -1.90. The number of aromatic nitrogens is 8. The molecule has 0 aliphatic rings. The minimum atomic E-state index is 0.647. The van der Waals surface area contributed by atoms with Gasteiger partial charge < -0.3 is 11.5 Å². The molecule has 0 aliphatic heterocycles. The van der Waals surface area contributed by atoms with Gasteiger partial charge in [0, 0.05) is 22.5 Å². The summed E-state index contributed by atoms with van der Waals surface area (Å²) in [4.78, 5) is 1.43. The quantitative estimate of drug-likeness (QED) is 0.266. The Hall–Kier alpha value is -3.20. The molecule has 4 N–H and O–H groups in total. The monoisotopic (exact) mass is 496 g/mol. The van der Waals surface area contributed by atoms with Gasteiger partial charge in [0.15, 0.2) is 0 Å². The van der Waals surface area contributed by atoms with Crippen molar-refractivity contribution in [3.05, 3.63) is 48.5 Å². The average Bonchev–Trinajstić information content (AvgIpc) is 3.55. The van der Waals surface area contributed by atoms with Gasteiger partial charge in [-0.15, -0.1) is 20.4 Å². The van der Waals surface area contributed by atoms with Crippen LogP contribution in [-0.4, -0.2) is 39.6 Å². The van der Waals surface area contributed by atoms with Gasteiger partial charge in [-0.1, -0.05) is 22.7 Å². The highest BCUT2D eigenvalue weighted by Crippen LogP contribution is 2.38. The van der Waals surface area contributed by atoms with Gasteiger partial charge in [0.2, 0.25) is 20.2 Å². The fraction of sp³-hybridized carbons (Fsp3) is 0. The number of rotatable bonds is 5. The molecule has 0 unspecified atom stereocenters. The second-order valence-corrected chi connectivity index (χ2v) is 10.6. The number of nitrogens with zero attached hydrogens (tertiary/aromatic N) is 8. The summed E-state index contributed by atoms with van der Waals surface area (Å²) >= 11 is 2.93. The number of anilines is 2. The second kappa shape index (κ2) is 7.74. The fourth-order valence-electron chi connectivity index (χ4n) is 2.86. The highest BCUT2D eigenvalue weighted by molar-refractivity contribution is 8.76. The van der Waals surface area contributed by atoms with E-state index in [1.54, 1.807) is 9.03 Å². The third-order valence-corrected chi connectivity index (χ3v) is 8.36. The van der Waals surface area contributed by atoms with E-state index in [2.05, 4.69) is 30.6 Å². The van der Waals surface area contributed by atoms with E-state index in [9.17, 15) is 0 Å². The van der Waals surface area contributed by atoms with Gasteiger partial charge in [-0.2, -0.15) is 19.2 Å².